The molecule has 0 rings (SSSR count). The van der Waals surface area contributed by atoms with Gasteiger partial charge in [-0.05, 0) is 12.3 Å². The van der Waals surface area contributed by atoms with Crippen LogP contribution in [0, 0.1) is 23.2 Å². The third kappa shape index (κ3) is 6.28. The van der Waals surface area contributed by atoms with Crippen molar-refractivity contribution in [3.8, 4) is 6.07 Å². The molecule has 0 saturated heterocycles. The largest absolute Gasteiger partial charge is 0.383 e. The van der Waals surface area contributed by atoms with Gasteiger partial charge in [0.05, 0.1) is 12.7 Å². The normalized spacial score (nSPS) is 12.2. The van der Waals surface area contributed by atoms with Crippen LogP contribution in [0.1, 0.15) is 33.6 Å². The van der Waals surface area contributed by atoms with E-state index < -0.39 is 5.92 Å². The highest BCUT2D eigenvalue weighted by Crippen LogP contribution is 2.11. The van der Waals surface area contributed by atoms with Crippen LogP contribution in [0.2, 0.25) is 0 Å². The molecule has 1 atom stereocenters. The number of ether oxygens (including phenoxy) is 1. The lowest BCUT2D eigenvalue weighted by Gasteiger charge is -2.26. The number of rotatable bonds is 8. The molecular weight excluding hydrogens is 216 g/mol. The van der Waals surface area contributed by atoms with Crippen LogP contribution in [0.15, 0.2) is 0 Å². The average Bonchev–Trinajstić information content (AvgIpc) is 2.30. The lowest BCUT2D eigenvalue weighted by atomic mass is 10.0. The highest BCUT2D eigenvalue weighted by Gasteiger charge is 2.23. The predicted molar refractivity (Wildman–Crippen MR) is 67.3 cm³/mol. The van der Waals surface area contributed by atoms with Crippen LogP contribution in [-0.2, 0) is 9.53 Å². The van der Waals surface area contributed by atoms with Crippen LogP contribution in [0.3, 0.4) is 0 Å². The smallest absolute Gasteiger partial charge is 0.240 e. The molecule has 0 aromatic rings. The quantitative estimate of drug-likeness (QED) is 0.652. The van der Waals surface area contributed by atoms with Gasteiger partial charge in [-0.1, -0.05) is 27.2 Å². The van der Waals surface area contributed by atoms with Crippen molar-refractivity contribution in [2.75, 3.05) is 26.8 Å². The molecule has 0 bridgehead atoms. The van der Waals surface area contributed by atoms with E-state index in [2.05, 4.69) is 19.9 Å². The molecule has 0 spiro atoms. The van der Waals surface area contributed by atoms with Gasteiger partial charge in [0.25, 0.3) is 0 Å². The van der Waals surface area contributed by atoms with Gasteiger partial charge in [0.1, 0.15) is 5.92 Å². The monoisotopic (exact) mass is 240 g/mol. The van der Waals surface area contributed by atoms with Gasteiger partial charge in [0.2, 0.25) is 5.91 Å². The van der Waals surface area contributed by atoms with Gasteiger partial charge in [-0.15, -0.1) is 0 Å². The number of carbonyl (C=O) groups excluding carboxylic acids is 1. The van der Waals surface area contributed by atoms with E-state index in [1.54, 1.807) is 12.0 Å². The number of nitriles is 1. The molecule has 4 heteroatoms. The summed E-state index contributed by atoms with van der Waals surface area (Å²) in [5.41, 5.74) is 0. The summed E-state index contributed by atoms with van der Waals surface area (Å²) in [6.07, 6.45) is 1.49. The maximum absolute atomic E-state index is 12.2. The van der Waals surface area contributed by atoms with Gasteiger partial charge in [-0.25, -0.2) is 0 Å². The fraction of sp³-hybridized carbons (Fsp3) is 0.846. The lowest BCUT2D eigenvalue weighted by Crippen LogP contribution is -2.40. The molecule has 98 valence electrons. The second-order valence-electron chi connectivity index (χ2n) is 4.64. The Kier molecular flexibility index (Phi) is 8.43. The second-order valence-corrected chi connectivity index (χ2v) is 4.64. The molecular formula is C13H24N2O2. The molecule has 0 radical (unpaired) electrons. The van der Waals surface area contributed by atoms with E-state index in [-0.39, 0.29) is 5.91 Å². The first kappa shape index (κ1) is 15.9. The number of nitrogens with zero attached hydrogens (tertiary/aromatic N) is 2. The highest BCUT2D eigenvalue weighted by molar-refractivity contribution is 5.81. The van der Waals surface area contributed by atoms with E-state index in [9.17, 15) is 4.79 Å². The van der Waals surface area contributed by atoms with Gasteiger partial charge in [0, 0.05) is 20.2 Å². The minimum atomic E-state index is -0.504. The Morgan fingerprint density at radius 3 is 2.53 bits per heavy atom. The van der Waals surface area contributed by atoms with E-state index in [1.807, 2.05) is 6.92 Å². The summed E-state index contributed by atoms with van der Waals surface area (Å²) < 4.78 is 5.00. The summed E-state index contributed by atoms with van der Waals surface area (Å²) in [6, 6.07) is 2.10. The van der Waals surface area contributed by atoms with Gasteiger partial charge >= 0.3 is 0 Å². The Balaban J connectivity index is 4.54. The first-order valence-electron chi connectivity index (χ1n) is 6.24. The molecule has 0 saturated carbocycles. The standard InChI is InChI=1S/C13H24N2O2/c1-5-6-12(9-14)13(16)15(7-8-17-4)10-11(2)3/h11-12H,5-8,10H2,1-4H3. The summed E-state index contributed by atoms with van der Waals surface area (Å²) in [7, 11) is 1.62. The van der Waals surface area contributed by atoms with E-state index in [0.717, 1.165) is 6.42 Å². The minimum Gasteiger partial charge on any atom is -0.383 e. The molecule has 0 aliphatic heterocycles. The molecule has 0 aliphatic rings. The Hall–Kier alpha value is -1.08. The first-order chi connectivity index (χ1) is 8.06. The van der Waals surface area contributed by atoms with Crippen molar-refractivity contribution < 1.29 is 9.53 Å². The summed E-state index contributed by atoms with van der Waals surface area (Å²) in [5, 5.41) is 9.01. The molecule has 17 heavy (non-hydrogen) atoms. The Morgan fingerprint density at radius 2 is 2.12 bits per heavy atom. The average molecular weight is 240 g/mol. The minimum absolute atomic E-state index is 0.0555. The fourth-order valence-corrected chi connectivity index (χ4v) is 1.69. The van der Waals surface area contributed by atoms with Crippen LogP contribution in [-0.4, -0.2) is 37.6 Å². The third-order valence-corrected chi connectivity index (χ3v) is 2.49. The van der Waals surface area contributed by atoms with Crippen molar-refractivity contribution in [3.05, 3.63) is 0 Å². The molecule has 0 N–H and O–H groups in total. The Morgan fingerprint density at radius 1 is 1.47 bits per heavy atom. The molecule has 4 nitrogen and oxygen atoms in total. The summed E-state index contributed by atoms with van der Waals surface area (Å²) in [4.78, 5) is 13.9. The molecule has 0 fully saturated rings. The van der Waals surface area contributed by atoms with Crippen LogP contribution in [0.5, 0.6) is 0 Å². The van der Waals surface area contributed by atoms with Gasteiger partial charge in [-0.3, -0.25) is 4.79 Å². The number of carbonyl (C=O) groups is 1. The summed E-state index contributed by atoms with van der Waals surface area (Å²) in [6.45, 7) is 7.88. The maximum atomic E-state index is 12.2. The van der Waals surface area contributed by atoms with Crippen molar-refractivity contribution in [3.63, 3.8) is 0 Å². The van der Waals surface area contributed by atoms with Crippen LogP contribution >= 0.6 is 0 Å². The zero-order chi connectivity index (χ0) is 13.3. The number of amides is 1. The zero-order valence-corrected chi connectivity index (χ0v) is 11.4. The van der Waals surface area contributed by atoms with Crippen molar-refractivity contribution in [1.29, 1.82) is 5.26 Å². The van der Waals surface area contributed by atoms with Gasteiger partial charge < -0.3 is 9.64 Å². The van der Waals surface area contributed by atoms with E-state index in [4.69, 9.17) is 10.00 Å². The van der Waals surface area contributed by atoms with Crippen molar-refractivity contribution in [2.45, 2.75) is 33.6 Å². The van der Waals surface area contributed by atoms with Crippen LogP contribution < -0.4 is 0 Å². The lowest BCUT2D eigenvalue weighted by molar-refractivity contribution is -0.135. The topological polar surface area (TPSA) is 53.3 Å². The molecule has 0 aromatic carbocycles. The zero-order valence-electron chi connectivity index (χ0n) is 11.4. The molecule has 1 unspecified atom stereocenters. The van der Waals surface area contributed by atoms with Crippen molar-refractivity contribution in [2.24, 2.45) is 11.8 Å². The molecule has 0 heterocycles. The Labute approximate surface area is 105 Å². The Bertz CT molecular complexity index is 259. The third-order valence-electron chi connectivity index (χ3n) is 2.49. The second kappa shape index (κ2) is 9.00. The molecule has 0 aromatic heterocycles. The van der Waals surface area contributed by atoms with Crippen LogP contribution in [0.4, 0.5) is 0 Å². The van der Waals surface area contributed by atoms with Crippen molar-refractivity contribution in [1.82, 2.24) is 4.90 Å². The summed E-state index contributed by atoms with van der Waals surface area (Å²) in [5.74, 6) is -0.160. The molecule has 0 aliphatic carbocycles. The SMILES string of the molecule is CCCC(C#N)C(=O)N(CCOC)CC(C)C. The number of hydrogen-bond donors (Lipinski definition) is 0. The van der Waals surface area contributed by atoms with Gasteiger partial charge in [0.15, 0.2) is 0 Å². The van der Waals surface area contributed by atoms with E-state index >= 15 is 0 Å². The number of hydrogen-bond acceptors (Lipinski definition) is 3. The number of methoxy groups -OCH3 is 1. The summed E-state index contributed by atoms with van der Waals surface area (Å²) >= 11 is 0. The van der Waals surface area contributed by atoms with E-state index in [1.165, 1.54) is 0 Å². The van der Waals surface area contributed by atoms with E-state index in [0.29, 0.717) is 32.0 Å². The van der Waals surface area contributed by atoms with Crippen LogP contribution in [0.25, 0.3) is 0 Å². The fourth-order valence-electron chi connectivity index (χ4n) is 1.69. The van der Waals surface area contributed by atoms with Gasteiger partial charge in [-0.2, -0.15) is 5.26 Å². The molecule has 1 amide bonds. The van der Waals surface area contributed by atoms with Crippen molar-refractivity contribution >= 4 is 5.91 Å². The highest BCUT2D eigenvalue weighted by atomic mass is 16.5. The maximum Gasteiger partial charge on any atom is 0.240 e. The predicted octanol–water partition coefficient (Wildman–Crippen LogP) is 2.06. The first-order valence-corrected chi connectivity index (χ1v) is 6.24.